The van der Waals surface area contributed by atoms with Crippen LogP contribution in [-0.4, -0.2) is 32.8 Å². The third kappa shape index (κ3) is 4.35. The van der Waals surface area contributed by atoms with E-state index in [2.05, 4.69) is 35.9 Å². The Bertz CT molecular complexity index is 988. The van der Waals surface area contributed by atoms with E-state index in [9.17, 15) is 4.79 Å². The van der Waals surface area contributed by atoms with Crippen LogP contribution in [0.5, 0.6) is 0 Å². The third-order valence-corrected chi connectivity index (χ3v) is 3.91. The molecule has 0 radical (unpaired) electrons. The standard InChI is InChI=1S/C19H21N7O/c1-11-15(6-5-7-21-11)25-16-8-18(22-10-14(16)12(2)27)26-19-9-17(20-4)23-13(3)24-19/h5-10H,1-4H3,(H3,20,22,23,24,25,26). The summed E-state index contributed by atoms with van der Waals surface area (Å²) in [7, 11) is 1.80. The van der Waals surface area contributed by atoms with Crippen LogP contribution in [0.25, 0.3) is 0 Å². The first-order valence-corrected chi connectivity index (χ1v) is 8.46. The van der Waals surface area contributed by atoms with E-state index in [1.807, 2.05) is 26.0 Å². The van der Waals surface area contributed by atoms with Crippen LogP contribution in [0.3, 0.4) is 0 Å². The van der Waals surface area contributed by atoms with Crippen molar-refractivity contribution in [1.82, 2.24) is 19.9 Å². The van der Waals surface area contributed by atoms with Crippen LogP contribution in [0, 0.1) is 13.8 Å². The average molecular weight is 363 g/mol. The summed E-state index contributed by atoms with van der Waals surface area (Å²) in [5.41, 5.74) is 2.81. The van der Waals surface area contributed by atoms with Crippen molar-refractivity contribution in [2.45, 2.75) is 20.8 Å². The summed E-state index contributed by atoms with van der Waals surface area (Å²) >= 11 is 0. The molecule has 0 fully saturated rings. The molecule has 3 N–H and O–H groups in total. The van der Waals surface area contributed by atoms with Gasteiger partial charge >= 0.3 is 0 Å². The highest BCUT2D eigenvalue weighted by atomic mass is 16.1. The van der Waals surface area contributed by atoms with Gasteiger partial charge in [-0.05, 0) is 32.9 Å². The van der Waals surface area contributed by atoms with Crippen LogP contribution >= 0.6 is 0 Å². The number of ketones is 1. The van der Waals surface area contributed by atoms with Gasteiger partial charge in [-0.2, -0.15) is 0 Å². The monoisotopic (exact) mass is 363 g/mol. The molecule has 0 saturated carbocycles. The largest absolute Gasteiger partial charge is 0.373 e. The number of aromatic nitrogens is 4. The molecule has 3 aromatic heterocycles. The Labute approximate surface area is 157 Å². The number of Topliss-reactive ketones (excluding diaryl/α,β-unsaturated/α-hetero) is 1. The Morgan fingerprint density at radius 2 is 1.74 bits per heavy atom. The normalized spacial score (nSPS) is 10.4. The molecular weight excluding hydrogens is 342 g/mol. The fraction of sp³-hybridized carbons (Fsp3) is 0.211. The highest BCUT2D eigenvalue weighted by molar-refractivity contribution is 6.00. The maximum Gasteiger partial charge on any atom is 0.163 e. The first-order chi connectivity index (χ1) is 13.0. The first-order valence-electron chi connectivity index (χ1n) is 8.46. The summed E-state index contributed by atoms with van der Waals surface area (Å²) in [6, 6.07) is 7.31. The lowest BCUT2D eigenvalue weighted by Gasteiger charge is -2.14. The molecule has 138 valence electrons. The average Bonchev–Trinajstić information content (AvgIpc) is 2.63. The van der Waals surface area contributed by atoms with Gasteiger partial charge in [0.1, 0.15) is 23.3 Å². The Hall–Kier alpha value is -3.55. The van der Waals surface area contributed by atoms with Gasteiger partial charge in [-0.25, -0.2) is 15.0 Å². The van der Waals surface area contributed by atoms with Crippen LogP contribution in [0.4, 0.5) is 28.8 Å². The van der Waals surface area contributed by atoms with E-state index in [-0.39, 0.29) is 5.78 Å². The molecule has 0 spiro atoms. The van der Waals surface area contributed by atoms with Crippen molar-refractivity contribution >= 4 is 34.6 Å². The summed E-state index contributed by atoms with van der Waals surface area (Å²) in [6.45, 7) is 5.23. The first kappa shape index (κ1) is 18.2. The van der Waals surface area contributed by atoms with E-state index >= 15 is 0 Å². The number of carbonyl (C=O) groups is 1. The molecule has 27 heavy (non-hydrogen) atoms. The van der Waals surface area contributed by atoms with Crippen LogP contribution in [-0.2, 0) is 0 Å². The lowest BCUT2D eigenvalue weighted by Crippen LogP contribution is -2.06. The lowest BCUT2D eigenvalue weighted by molar-refractivity contribution is 0.101. The number of aryl methyl sites for hydroxylation is 2. The number of rotatable bonds is 6. The van der Waals surface area contributed by atoms with E-state index in [0.717, 1.165) is 11.4 Å². The SMILES string of the molecule is CNc1cc(Nc2cc(Nc3cccnc3C)c(C(C)=O)cn2)nc(C)n1. The van der Waals surface area contributed by atoms with Crippen molar-refractivity contribution in [3.63, 3.8) is 0 Å². The minimum absolute atomic E-state index is 0.0755. The maximum absolute atomic E-state index is 12.0. The van der Waals surface area contributed by atoms with Gasteiger partial charge in [0, 0.05) is 31.6 Å². The number of nitrogens with one attached hydrogen (secondary N) is 3. The number of hydrogen-bond acceptors (Lipinski definition) is 8. The number of nitrogens with zero attached hydrogens (tertiary/aromatic N) is 4. The van der Waals surface area contributed by atoms with Crippen LogP contribution < -0.4 is 16.0 Å². The zero-order valence-electron chi connectivity index (χ0n) is 15.7. The van der Waals surface area contributed by atoms with Gasteiger partial charge in [0.05, 0.1) is 22.6 Å². The van der Waals surface area contributed by atoms with E-state index in [1.165, 1.54) is 6.92 Å². The molecule has 0 unspecified atom stereocenters. The quantitative estimate of drug-likeness (QED) is 0.571. The molecule has 3 aromatic rings. The van der Waals surface area contributed by atoms with Gasteiger partial charge in [0.25, 0.3) is 0 Å². The van der Waals surface area contributed by atoms with E-state index < -0.39 is 0 Å². The molecule has 8 heteroatoms. The summed E-state index contributed by atoms with van der Waals surface area (Å²) in [5, 5.41) is 9.42. The fourth-order valence-corrected chi connectivity index (χ4v) is 2.56. The van der Waals surface area contributed by atoms with Crippen molar-refractivity contribution < 1.29 is 4.79 Å². The molecule has 8 nitrogen and oxygen atoms in total. The fourth-order valence-electron chi connectivity index (χ4n) is 2.56. The highest BCUT2D eigenvalue weighted by Crippen LogP contribution is 2.26. The third-order valence-electron chi connectivity index (χ3n) is 3.91. The Kier molecular flexibility index (Phi) is 5.25. The molecule has 0 atom stereocenters. The van der Waals surface area contributed by atoms with Gasteiger partial charge in [0.2, 0.25) is 0 Å². The number of pyridine rings is 2. The second kappa shape index (κ2) is 7.77. The van der Waals surface area contributed by atoms with Gasteiger partial charge in [0.15, 0.2) is 5.78 Å². The van der Waals surface area contributed by atoms with E-state index in [0.29, 0.717) is 34.5 Å². The summed E-state index contributed by atoms with van der Waals surface area (Å²) in [6.07, 6.45) is 3.27. The summed E-state index contributed by atoms with van der Waals surface area (Å²) < 4.78 is 0. The zero-order chi connectivity index (χ0) is 19.4. The molecule has 0 aromatic carbocycles. The summed E-state index contributed by atoms with van der Waals surface area (Å²) in [4.78, 5) is 29.2. The van der Waals surface area contributed by atoms with Gasteiger partial charge in [-0.1, -0.05) is 0 Å². The van der Waals surface area contributed by atoms with E-state index in [4.69, 9.17) is 0 Å². The topological polar surface area (TPSA) is 105 Å². The molecule has 0 aliphatic carbocycles. The number of carbonyl (C=O) groups excluding carboxylic acids is 1. The molecule has 0 aliphatic heterocycles. The number of hydrogen-bond donors (Lipinski definition) is 3. The van der Waals surface area contributed by atoms with Crippen molar-refractivity contribution in [1.29, 1.82) is 0 Å². The smallest absolute Gasteiger partial charge is 0.163 e. The number of anilines is 5. The molecule has 3 heterocycles. The predicted molar refractivity (Wildman–Crippen MR) is 106 cm³/mol. The maximum atomic E-state index is 12.0. The molecule has 3 rings (SSSR count). The second-order valence-electron chi connectivity index (χ2n) is 5.99. The minimum Gasteiger partial charge on any atom is -0.373 e. The van der Waals surface area contributed by atoms with Crippen LogP contribution in [0.1, 0.15) is 28.8 Å². The Morgan fingerprint density at radius 1 is 0.963 bits per heavy atom. The van der Waals surface area contributed by atoms with Crippen molar-refractivity contribution in [2.24, 2.45) is 0 Å². The summed E-state index contributed by atoms with van der Waals surface area (Å²) in [5.74, 6) is 2.43. The lowest BCUT2D eigenvalue weighted by atomic mass is 10.1. The van der Waals surface area contributed by atoms with Crippen molar-refractivity contribution in [3.8, 4) is 0 Å². The highest BCUT2D eigenvalue weighted by Gasteiger charge is 2.12. The van der Waals surface area contributed by atoms with Gasteiger partial charge < -0.3 is 16.0 Å². The van der Waals surface area contributed by atoms with Crippen molar-refractivity contribution in [3.05, 3.63) is 53.7 Å². The van der Waals surface area contributed by atoms with Crippen LogP contribution in [0.2, 0.25) is 0 Å². The van der Waals surface area contributed by atoms with Gasteiger partial charge in [-0.3, -0.25) is 9.78 Å². The minimum atomic E-state index is -0.0755. The van der Waals surface area contributed by atoms with E-state index in [1.54, 1.807) is 31.6 Å². The van der Waals surface area contributed by atoms with Crippen LogP contribution in [0.15, 0.2) is 36.7 Å². The zero-order valence-corrected chi connectivity index (χ0v) is 15.7. The molecular formula is C19H21N7O. The Balaban J connectivity index is 1.95. The Morgan fingerprint density at radius 3 is 2.44 bits per heavy atom. The molecule has 0 amide bonds. The molecule has 0 aliphatic rings. The predicted octanol–water partition coefficient (Wildman–Crippen LogP) is 3.61. The molecule has 0 bridgehead atoms. The van der Waals surface area contributed by atoms with Crippen molar-refractivity contribution in [2.75, 3.05) is 23.0 Å². The molecule has 0 saturated heterocycles. The second-order valence-corrected chi connectivity index (χ2v) is 5.99. The van der Waals surface area contributed by atoms with Gasteiger partial charge in [-0.15, -0.1) is 0 Å².